The van der Waals surface area contributed by atoms with Gasteiger partial charge in [0.25, 0.3) is 5.56 Å². The summed E-state index contributed by atoms with van der Waals surface area (Å²) in [7, 11) is 0. The summed E-state index contributed by atoms with van der Waals surface area (Å²) >= 11 is 0. The van der Waals surface area contributed by atoms with E-state index in [9.17, 15) is 9.59 Å². The van der Waals surface area contributed by atoms with Crippen LogP contribution in [0.25, 0.3) is 21.9 Å². The lowest BCUT2D eigenvalue weighted by Crippen LogP contribution is -2.36. The Morgan fingerprint density at radius 2 is 1.67 bits per heavy atom. The van der Waals surface area contributed by atoms with Gasteiger partial charge in [0.15, 0.2) is 0 Å². The summed E-state index contributed by atoms with van der Waals surface area (Å²) in [5.41, 5.74) is 2.36. The molecule has 0 saturated heterocycles. The summed E-state index contributed by atoms with van der Waals surface area (Å²) in [6, 6.07) is 15.0. The largest absolute Gasteiger partial charge is 0.345 e. The summed E-state index contributed by atoms with van der Waals surface area (Å²) in [5, 5.41) is 3.50. The smallest absolute Gasteiger partial charge is 0.261 e. The zero-order valence-corrected chi connectivity index (χ0v) is 17.6. The number of para-hydroxylation sites is 3. The quantitative estimate of drug-likeness (QED) is 0.553. The van der Waals surface area contributed by atoms with Crippen molar-refractivity contribution in [1.29, 1.82) is 0 Å². The van der Waals surface area contributed by atoms with Crippen LogP contribution >= 0.6 is 0 Å². The number of benzene rings is 2. The Labute approximate surface area is 174 Å². The molecule has 30 heavy (non-hydrogen) atoms. The number of carbonyl (C=O) groups is 1. The lowest BCUT2D eigenvalue weighted by molar-refractivity contribution is -0.122. The number of carbonyl (C=O) groups excluding carboxylic acids is 1. The Bertz CT molecular complexity index is 1300. The van der Waals surface area contributed by atoms with Gasteiger partial charge in [0.2, 0.25) is 5.91 Å². The molecule has 2 aromatic heterocycles. The van der Waals surface area contributed by atoms with Gasteiger partial charge in [0.1, 0.15) is 18.2 Å². The number of rotatable bonds is 5. The van der Waals surface area contributed by atoms with E-state index in [1.165, 1.54) is 4.57 Å². The first-order valence-electron chi connectivity index (χ1n) is 10.1. The minimum atomic E-state index is -0.309. The first-order valence-corrected chi connectivity index (χ1v) is 10.1. The maximum absolute atomic E-state index is 12.8. The second-order valence-electron chi connectivity index (χ2n) is 7.78. The van der Waals surface area contributed by atoms with E-state index in [0.717, 1.165) is 16.9 Å². The van der Waals surface area contributed by atoms with Crippen LogP contribution < -0.4 is 10.9 Å². The van der Waals surface area contributed by atoms with E-state index in [4.69, 9.17) is 4.98 Å². The van der Waals surface area contributed by atoms with Crippen LogP contribution in [0.1, 0.15) is 44.5 Å². The van der Waals surface area contributed by atoms with Gasteiger partial charge in [-0.25, -0.2) is 9.97 Å². The fourth-order valence-corrected chi connectivity index (χ4v) is 3.87. The highest BCUT2D eigenvalue weighted by Crippen LogP contribution is 2.24. The molecule has 154 valence electrons. The van der Waals surface area contributed by atoms with Crippen LogP contribution in [0, 0.1) is 6.92 Å². The topological polar surface area (TPSA) is 81.8 Å². The van der Waals surface area contributed by atoms with Gasteiger partial charge in [-0.1, -0.05) is 24.3 Å². The molecule has 1 N–H and O–H groups in total. The molecule has 0 unspecified atom stereocenters. The Balaban J connectivity index is 1.61. The second kappa shape index (κ2) is 7.74. The van der Waals surface area contributed by atoms with E-state index in [-0.39, 0.29) is 30.1 Å². The van der Waals surface area contributed by atoms with E-state index >= 15 is 0 Å². The summed E-state index contributed by atoms with van der Waals surface area (Å²) in [6.07, 6.45) is 0. The Morgan fingerprint density at radius 1 is 1.00 bits per heavy atom. The van der Waals surface area contributed by atoms with Crippen molar-refractivity contribution in [3.05, 3.63) is 70.5 Å². The molecule has 0 bridgehead atoms. The van der Waals surface area contributed by atoms with E-state index in [2.05, 4.69) is 28.7 Å². The normalized spacial score (nSPS) is 12.6. The summed E-state index contributed by atoms with van der Waals surface area (Å²) in [5.74, 6) is 1.04. The van der Waals surface area contributed by atoms with Crippen LogP contribution in [0.4, 0.5) is 0 Å². The third-order valence-electron chi connectivity index (χ3n) is 5.26. The average Bonchev–Trinajstić information content (AvgIpc) is 3.11. The molecule has 0 fully saturated rings. The van der Waals surface area contributed by atoms with Crippen LogP contribution in [0.3, 0.4) is 0 Å². The molecule has 2 aromatic carbocycles. The van der Waals surface area contributed by atoms with E-state index in [1.54, 1.807) is 25.1 Å². The lowest BCUT2D eigenvalue weighted by atomic mass is 10.2. The van der Waals surface area contributed by atoms with Crippen molar-refractivity contribution in [3.8, 4) is 0 Å². The fraction of sp³-hybridized carbons (Fsp3) is 0.304. The molecule has 0 aliphatic rings. The molecule has 0 spiro atoms. The van der Waals surface area contributed by atoms with Crippen molar-refractivity contribution in [2.75, 3.05) is 0 Å². The first-order chi connectivity index (χ1) is 14.4. The summed E-state index contributed by atoms with van der Waals surface area (Å²) < 4.78 is 3.55. The summed E-state index contributed by atoms with van der Waals surface area (Å²) in [4.78, 5) is 34.8. The standard InChI is InChI=1S/C23H25N5O2/c1-14(2)28-20-12-8-7-11-19(20)26-22(28)15(3)24-21(29)13-27-16(4)25-18-10-6-5-9-17(18)23(27)30/h5-12,14-15H,13H2,1-4H3,(H,24,29)/t15-/m1/s1. The molecule has 0 aliphatic carbocycles. The van der Waals surface area contributed by atoms with E-state index < -0.39 is 0 Å². The van der Waals surface area contributed by atoms with Crippen LogP contribution in [0.2, 0.25) is 0 Å². The predicted molar refractivity (Wildman–Crippen MR) is 117 cm³/mol. The highest BCUT2D eigenvalue weighted by molar-refractivity contribution is 5.80. The molecule has 7 heteroatoms. The highest BCUT2D eigenvalue weighted by atomic mass is 16.2. The zero-order chi connectivity index (χ0) is 21.4. The minimum absolute atomic E-state index is 0.0885. The Kier molecular flexibility index (Phi) is 5.11. The number of amides is 1. The first kappa shape index (κ1) is 19.8. The van der Waals surface area contributed by atoms with Gasteiger partial charge in [-0.15, -0.1) is 0 Å². The minimum Gasteiger partial charge on any atom is -0.345 e. The van der Waals surface area contributed by atoms with Gasteiger partial charge in [0.05, 0.1) is 28.0 Å². The number of fused-ring (bicyclic) bond motifs is 2. The number of nitrogens with zero attached hydrogens (tertiary/aromatic N) is 4. The van der Waals surface area contributed by atoms with Gasteiger partial charge in [0, 0.05) is 6.04 Å². The van der Waals surface area contributed by atoms with E-state index in [0.29, 0.717) is 16.7 Å². The number of hydrogen-bond donors (Lipinski definition) is 1. The molecule has 0 aliphatic heterocycles. The van der Waals surface area contributed by atoms with Gasteiger partial charge in [-0.3, -0.25) is 14.2 Å². The van der Waals surface area contributed by atoms with Crippen molar-refractivity contribution < 1.29 is 4.79 Å². The molecule has 4 aromatic rings. The number of imidazole rings is 1. The maximum atomic E-state index is 12.8. The number of aryl methyl sites for hydroxylation is 1. The third-order valence-corrected chi connectivity index (χ3v) is 5.26. The van der Waals surface area contributed by atoms with Crippen molar-refractivity contribution in [1.82, 2.24) is 24.4 Å². The van der Waals surface area contributed by atoms with Gasteiger partial charge in [-0.2, -0.15) is 0 Å². The number of aromatic nitrogens is 4. The number of nitrogens with one attached hydrogen (secondary N) is 1. The molecule has 1 atom stereocenters. The molecule has 2 heterocycles. The molecular weight excluding hydrogens is 378 g/mol. The Hall–Kier alpha value is -3.48. The molecular formula is C23H25N5O2. The number of hydrogen-bond acceptors (Lipinski definition) is 4. The third kappa shape index (κ3) is 3.47. The van der Waals surface area contributed by atoms with E-state index in [1.807, 2.05) is 37.3 Å². The van der Waals surface area contributed by atoms with Crippen molar-refractivity contribution in [2.45, 2.75) is 46.3 Å². The SMILES string of the molecule is Cc1nc2ccccc2c(=O)n1CC(=O)N[C@H](C)c1nc2ccccc2n1C(C)C. The van der Waals surface area contributed by atoms with Crippen LogP contribution in [-0.2, 0) is 11.3 Å². The zero-order valence-electron chi connectivity index (χ0n) is 17.6. The highest BCUT2D eigenvalue weighted by Gasteiger charge is 2.20. The molecule has 0 radical (unpaired) electrons. The van der Waals surface area contributed by atoms with Crippen molar-refractivity contribution in [3.63, 3.8) is 0 Å². The van der Waals surface area contributed by atoms with Crippen LogP contribution in [-0.4, -0.2) is 25.0 Å². The predicted octanol–water partition coefficient (Wildman–Crippen LogP) is 3.51. The maximum Gasteiger partial charge on any atom is 0.261 e. The van der Waals surface area contributed by atoms with Gasteiger partial charge >= 0.3 is 0 Å². The lowest BCUT2D eigenvalue weighted by Gasteiger charge is -2.19. The average molecular weight is 403 g/mol. The van der Waals surface area contributed by atoms with Crippen molar-refractivity contribution in [2.24, 2.45) is 0 Å². The molecule has 4 rings (SSSR count). The van der Waals surface area contributed by atoms with Gasteiger partial charge < -0.3 is 9.88 Å². The van der Waals surface area contributed by atoms with Crippen LogP contribution in [0.15, 0.2) is 53.3 Å². The second-order valence-corrected chi connectivity index (χ2v) is 7.78. The Morgan fingerprint density at radius 3 is 2.40 bits per heavy atom. The monoisotopic (exact) mass is 403 g/mol. The van der Waals surface area contributed by atoms with Crippen molar-refractivity contribution >= 4 is 27.8 Å². The fourth-order valence-electron chi connectivity index (χ4n) is 3.87. The summed E-state index contributed by atoms with van der Waals surface area (Å²) in [6.45, 7) is 7.75. The molecule has 0 saturated carbocycles. The van der Waals surface area contributed by atoms with Gasteiger partial charge in [-0.05, 0) is 52.0 Å². The molecule has 7 nitrogen and oxygen atoms in total. The van der Waals surface area contributed by atoms with Crippen LogP contribution in [0.5, 0.6) is 0 Å². The molecule has 1 amide bonds.